The fourth-order valence-corrected chi connectivity index (χ4v) is 3.63. The van der Waals surface area contributed by atoms with Crippen molar-refractivity contribution in [2.45, 2.75) is 57.2 Å². The molecule has 0 amide bonds. The number of nitrogens with one attached hydrogen (secondary N) is 1. The van der Waals surface area contributed by atoms with E-state index in [1.165, 1.54) is 0 Å². The highest BCUT2D eigenvalue weighted by Gasteiger charge is 2.46. The van der Waals surface area contributed by atoms with Gasteiger partial charge in [-0.25, -0.2) is 0 Å². The quantitative estimate of drug-likeness (QED) is 0.639. The summed E-state index contributed by atoms with van der Waals surface area (Å²) >= 11 is 0. The summed E-state index contributed by atoms with van der Waals surface area (Å²) in [5, 5.41) is 22.6. The van der Waals surface area contributed by atoms with Crippen molar-refractivity contribution in [3.05, 3.63) is 0 Å². The van der Waals surface area contributed by atoms with E-state index in [0.29, 0.717) is 17.9 Å². The Morgan fingerprint density at radius 3 is 2.73 bits per heavy atom. The van der Waals surface area contributed by atoms with Crippen molar-refractivity contribution < 1.29 is 10.2 Å². The smallest absolute Gasteiger partial charge is 0.0586 e. The first-order valence-corrected chi connectivity index (χ1v) is 6.10. The van der Waals surface area contributed by atoms with Crippen LogP contribution in [0.15, 0.2) is 0 Å². The molecule has 0 aromatic heterocycles. The normalized spacial score (nSPS) is 44.0. The van der Waals surface area contributed by atoms with E-state index >= 15 is 0 Å². The SMILES string of the molecule is CC1(C)C[C@H]2CC[C@H](O)[C@@H]2[C@H](CCO)N1. The Bertz CT molecular complexity index is 230. The van der Waals surface area contributed by atoms with Gasteiger partial charge in [-0.1, -0.05) is 0 Å². The van der Waals surface area contributed by atoms with E-state index < -0.39 is 0 Å². The molecule has 1 aliphatic heterocycles. The van der Waals surface area contributed by atoms with Crippen molar-refractivity contribution in [3.8, 4) is 0 Å². The van der Waals surface area contributed by atoms with Gasteiger partial charge in [0.05, 0.1) is 6.10 Å². The summed E-state index contributed by atoms with van der Waals surface area (Å²) in [5.41, 5.74) is 0.158. The minimum atomic E-state index is -0.157. The van der Waals surface area contributed by atoms with Gasteiger partial charge in [0.2, 0.25) is 0 Å². The molecule has 1 saturated heterocycles. The van der Waals surface area contributed by atoms with Gasteiger partial charge in [-0.15, -0.1) is 0 Å². The highest BCUT2D eigenvalue weighted by atomic mass is 16.3. The van der Waals surface area contributed by atoms with Gasteiger partial charge in [0, 0.05) is 24.1 Å². The van der Waals surface area contributed by atoms with Gasteiger partial charge in [0.15, 0.2) is 0 Å². The van der Waals surface area contributed by atoms with Gasteiger partial charge in [-0.2, -0.15) is 0 Å². The van der Waals surface area contributed by atoms with Crippen LogP contribution in [0.5, 0.6) is 0 Å². The van der Waals surface area contributed by atoms with E-state index in [0.717, 1.165) is 25.7 Å². The predicted molar refractivity (Wildman–Crippen MR) is 59.5 cm³/mol. The van der Waals surface area contributed by atoms with E-state index in [-0.39, 0.29) is 18.2 Å². The van der Waals surface area contributed by atoms with Crippen molar-refractivity contribution in [1.29, 1.82) is 0 Å². The first-order chi connectivity index (χ1) is 7.03. The molecule has 15 heavy (non-hydrogen) atoms. The highest BCUT2D eigenvalue weighted by molar-refractivity contribution is 5.02. The Morgan fingerprint density at radius 1 is 1.33 bits per heavy atom. The zero-order valence-electron chi connectivity index (χ0n) is 9.74. The third kappa shape index (κ3) is 2.19. The average molecular weight is 213 g/mol. The molecule has 1 aliphatic carbocycles. The molecule has 2 rings (SSSR count). The molecule has 2 fully saturated rings. The lowest BCUT2D eigenvalue weighted by Crippen LogP contribution is -2.57. The molecule has 2 aliphatic rings. The largest absolute Gasteiger partial charge is 0.396 e. The summed E-state index contributed by atoms with van der Waals surface area (Å²) in [7, 11) is 0. The molecule has 1 saturated carbocycles. The molecule has 88 valence electrons. The fourth-order valence-electron chi connectivity index (χ4n) is 3.63. The maximum Gasteiger partial charge on any atom is 0.0586 e. The molecule has 3 N–H and O–H groups in total. The maximum atomic E-state index is 9.97. The minimum absolute atomic E-state index is 0.157. The Labute approximate surface area is 91.9 Å². The highest BCUT2D eigenvalue weighted by Crippen LogP contribution is 2.43. The number of hydrogen-bond donors (Lipinski definition) is 3. The maximum absolute atomic E-state index is 9.97. The summed E-state index contributed by atoms with van der Waals surface area (Å²) in [6.45, 7) is 4.65. The minimum Gasteiger partial charge on any atom is -0.396 e. The first kappa shape index (κ1) is 11.4. The number of rotatable bonds is 2. The van der Waals surface area contributed by atoms with Crippen LogP contribution in [0.4, 0.5) is 0 Å². The predicted octanol–water partition coefficient (Wildman–Crippen LogP) is 0.896. The second kappa shape index (κ2) is 4.04. The van der Waals surface area contributed by atoms with Crippen LogP contribution < -0.4 is 5.32 Å². The lowest BCUT2D eigenvalue weighted by atomic mass is 9.74. The van der Waals surface area contributed by atoms with Crippen molar-refractivity contribution in [1.82, 2.24) is 5.32 Å². The molecule has 3 heteroatoms. The van der Waals surface area contributed by atoms with Crippen LogP contribution in [0.1, 0.15) is 39.5 Å². The van der Waals surface area contributed by atoms with Crippen LogP contribution in [0.25, 0.3) is 0 Å². The Balaban J connectivity index is 2.12. The van der Waals surface area contributed by atoms with Crippen LogP contribution in [0, 0.1) is 11.8 Å². The van der Waals surface area contributed by atoms with E-state index in [4.69, 9.17) is 5.11 Å². The third-order valence-corrected chi connectivity index (χ3v) is 4.08. The molecule has 0 bridgehead atoms. The Morgan fingerprint density at radius 2 is 2.07 bits per heavy atom. The van der Waals surface area contributed by atoms with Gasteiger partial charge in [-0.3, -0.25) is 0 Å². The number of fused-ring (bicyclic) bond motifs is 1. The molecule has 0 radical (unpaired) electrons. The van der Waals surface area contributed by atoms with Gasteiger partial charge < -0.3 is 15.5 Å². The van der Waals surface area contributed by atoms with E-state index in [1.807, 2.05) is 0 Å². The number of aliphatic hydroxyl groups is 2. The van der Waals surface area contributed by atoms with Crippen LogP contribution >= 0.6 is 0 Å². The second-order valence-corrected chi connectivity index (χ2v) is 5.83. The first-order valence-electron chi connectivity index (χ1n) is 6.10. The molecule has 1 heterocycles. The van der Waals surface area contributed by atoms with Gasteiger partial charge in [0.25, 0.3) is 0 Å². The van der Waals surface area contributed by atoms with E-state index in [2.05, 4.69) is 19.2 Å². The fraction of sp³-hybridized carbons (Fsp3) is 1.00. The second-order valence-electron chi connectivity index (χ2n) is 5.83. The number of hydrogen-bond acceptors (Lipinski definition) is 3. The van der Waals surface area contributed by atoms with Crippen molar-refractivity contribution in [2.24, 2.45) is 11.8 Å². The number of piperidine rings is 1. The molecule has 0 aromatic rings. The van der Waals surface area contributed by atoms with Crippen LogP contribution in [0.3, 0.4) is 0 Å². The summed E-state index contributed by atoms with van der Waals surface area (Å²) in [5.74, 6) is 1.01. The molecule has 0 aromatic carbocycles. The van der Waals surface area contributed by atoms with E-state index in [9.17, 15) is 5.11 Å². The molecule has 3 nitrogen and oxygen atoms in total. The zero-order chi connectivity index (χ0) is 11.1. The van der Waals surface area contributed by atoms with Crippen molar-refractivity contribution in [2.75, 3.05) is 6.61 Å². The summed E-state index contributed by atoms with van der Waals surface area (Å²) in [4.78, 5) is 0. The van der Waals surface area contributed by atoms with Gasteiger partial charge >= 0.3 is 0 Å². The molecular formula is C12H23NO2. The summed E-state index contributed by atoms with van der Waals surface area (Å²) in [6, 6.07) is 0.293. The lowest BCUT2D eigenvalue weighted by Gasteiger charge is -2.45. The van der Waals surface area contributed by atoms with Crippen molar-refractivity contribution in [3.63, 3.8) is 0 Å². The summed E-state index contributed by atoms with van der Waals surface area (Å²) in [6.07, 6.45) is 3.85. The topological polar surface area (TPSA) is 52.5 Å². The van der Waals surface area contributed by atoms with Crippen LogP contribution in [-0.2, 0) is 0 Å². The average Bonchev–Trinajstić information content (AvgIpc) is 2.46. The molecule has 0 unspecified atom stereocenters. The standard InChI is InChI=1S/C12H23NO2/c1-12(2)7-8-3-4-10(15)11(8)9(13-12)5-6-14/h8-11,13-15H,3-7H2,1-2H3/t8-,9+,10+,11+/m1/s1. The summed E-state index contributed by atoms with van der Waals surface area (Å²) < 4.78 is 0. The van der Waals surface area contributed by atoms with E-state index in [1.54, 1.807) is 0 Å². The van der Waals surface area contributed by atoms with Crippen molar-refractivity contribution >= 4 is 0 Å². The Hall–Kier alpha value is -0.120. The van der Waals surface area contributed by atoms with Gasteiger partial charge in [0.1, 0.15) is 0 Å². The third-order valence-electron chi connectivity index (χ3n) is 4.08. The number of aliphatic hydroxyl groups excluding tert-OH is 2. The monoisotopic (exact) mass is 213 g/mol. The molecule has 4 atom stereocenters. The van der Waals surface area contributed by atoms with Crippen LogP contribution in [0.2, 0.25) is 0 Å². The Kier molecular flexibility index (Phi) is 3.06. The lowest BCUT2D eigenvalue weighted by molar-refractivity contribution is 0.0344. The van der Waals surface area contributed by atoms with Gasteiger partial charge in [-0.05, 0) is 45.4 Å². The molecule has 0 spiro atoms. The molecular weight excluding hydrogens is 190 g/mol. The van der Waals surface area contributed by atoms with Crippen LogP contribution in [-0.4, -0.2) is 34.5 Å². The zero-order valence-corrected chi connectivity index (χ0v) is 9.74.